The second kappa shape index (κ2) is 11.0. The summed E-state index contributed by atoms with van der Waals surface area (Å²) in [6.45, 7) is 8.54. The Morgan fingerprint density at radius 3 is 2.09 bits per heavy atom. The minimum atomic E-state index is -0.335. The number of hydrogen-bond acceptors (Lipinski definition) is 3. The SMILES string of the molecule is CCc1cccc(C(C)(C)C)c1NC(=S)N=CC(C(=O)c1ccccc1)=C(O)c1ccccc1. The van der Waals surface area contributed by atoms with E-state index in [9.17, 15) is 9.90 Å². The first-order valence-corrected chi connectivity index (χ1v) is 11.7. The van der Waals surface area contributed by atoms with E-state index in [1.807, 2.05) is 18.2 Å². The van der Waals surface area contributed by atoms with Gasteiger partial charge in [0.05, 0.1) is 5.57 Å². The molecule has 0 saturated carbocycles. The lowest BCUT2D eigenvalue weighted by Gasteiger charge is -2.25. The Morgan fingerprint density at radius 2 is 1.53 bits per heavy atom. The first-order valence-electron chi connectivity index (χ1n) is 11.3. The van der Waals surface area contributed by atoms with Crippen LogP contribution in [0.2, 0.25) is 0 Å². The molecule has 4 nitrogen and oxygen atoms in total. The van der Waals surface area contributed by atoms with Crippen molar-refractivity contribution in [3.63, 3.8) is 0 Å². The minimum Gasteiger partial charge on any atom is -0.506 e. The Hall–Kier alpha value is -3.57. The lowest BCUT2D eigenvalue weighted by molar-refractivity contribution is 0.104. The minimum absolute atomic E-state index is 0.0707. The van der Waals surface area contributed by atoms with Gasteiger partial charge in [0.25, 0.3) is 0 Å². The van der Waals surface area contributed by atoms with Gasteiger partial charge in [0.15, 0.2) is 10.9 Å². The van der Waals surface area contributed by atoms with Gasteiger partial charge < -0.3 is 10.4 Å². The van der Waals surface area contributed by atoms with Gasteiger partial charge in [0, 0.05) is 23.0 Å². The molecule has 0 heterocycles. The van der Waals surface area contributed by atoms with Gasteiger partial charge in [-0.2, -0.15) is 0 Å². The number of thiocarbonyl (C=S) groups is 1. The second-order valence-corrected chi connectivity index (χ2v) is 9.34. The average molecular weight is 471 g/mol. The summed E-state index contributed by atoms with van der Waals surface area (Å²) in [7, 11) is 0. The Morgan fingerprint density at radius 1 is 0.941 bits per heavy atom. The number of Topliss-reactive ketones (excluding diaryl/α,β-unsaturated/α-hetero) is 1. The number of nitrogens with zero attached hydrogens (tertiary/aromatic N) is 1. The van der Waals surface area contributed by atoms with Gasteiger partial charge in [0.1, 0.15) is 5.76 Å². The van der Waals surface area contributed by atoms with Gasteiger partial charge in [-0.3, -0.25) is 4.79 Å². The molecule has 0 aliphatic carbocycles. The van der Waals surface area contributed by atoms with Gasteiger partial charge in [-0.1, -0.05) is 107 Å². The zero-order valence-corrected chi connectivity index (χ0v) is 20.8. The molecule has 3 aromatic carbocycles. The van der Waals surface area contributed by atoms with Crippen molar-refractivity contribution in [2.75, 3.05) is 5.32 Å². The van der Waals surface area contributed by atoms with E-state index in [4.69, 9.17) is 12.2 Å². The van der Waals surface area contributed by atoms with Gasteiger partial charge >= 0.3 is 0 Å². The van der Waals surface area contributed by atoms with E-state index in [1.165, 1.54) is 6.21 Å². The molecule has 3 aromatic rings. The smallest absolute Gasteiger partial charge is 0.198 e. The fourth-order valence-electron chi connectivity index (χ4n) is 3.65. The molecular weight excluding hydrogens is 440 g/mol. The van der Waals surface area contributed by atoms with Crippen molar-refractivity contribution in [1.82, 2.24) is 0 Å². The van der Waals surface area contributed by atoms with Crippen LogP contribution in [0.5, 0.6) is 0 Å². The molecule has 0 atom stereocenters. The molecule has 0 saturated heterocycles. The van der Waals surface area contributed by atoms with Crippen LogP contribution in [0, 0.1) is 0 Å². The van der Waals surface area contributed by atoms with Crippen molar-refractivity contribution in [2.24, 2.45) is 4.99 Å². The predicted octanol–water partition coefficient (Wildman–Crippen LogP) is 7.17. The second-order valence-electron chi connectivity index (χ2n) is 8.96. The maximum Gasteiger partial charge on any atom is 0.198 e. The zero-order chi connectivity index (χ0) is 24.7. The van der Waals surface area contributed by atoms with Crippen LogP contribution in [-0.2, 0) is 11.8 Å². The van der Waals surface area contributed by atoms with Crippen molar-refractivity contribution in [3.8, 4) is 0 Å². The van der Waals surface area contributed by atoms with E-state index < -0.39 is 0 Å². The third-order valence-corrected chi connectivity index (χ3v) is 5.67. The largest absolute Gasteiger partial charge is 0.506 e. The third-order valence-electron chi connectivity index (χ3n) is 5.47. The zero-order valence-electron chi connectivity index (χ0n) is 20.0. The number of benzene rings is 3. The Balaban J connectivity index is 1.98. The summed E-state index contributed by atoms with van der Waals surface area (Å²) in [4.78, 5) is 17.6. The molecule has 34 heavy (non-hydrogen) atoms. The molecule has 174 valence electrons. The summed E-state index contributed by atoms with van der Waals surface area (Å²) in [5.41, 5.74) is 4.16. The standard InChI is InChI=1S/C29H30N2O2S/c1-5-20-17-12-18-24(29(2,3)4)25(20)31-28(34)30-19-23(26(32)21-13-8-6-9-14-21)27(33)22-15-10-7-11-16-22/h6-19,32H,5H2,1-4H3,(H,31,34). The van der Waals surface area contributed by atoms with Crippen molar-refractivity contribution in [3.05, 3.63) is 107 Å². The van der Waals surface area contributed by atoms with Crippen molar-refractivity contribution in [2.45, 2.75) is 39.5 Å². The summed E-state index contributed by atoms with van der Waals surface area (Å²) in [5, 5.41) is 14.4. The summed E-state index contributed by atoms with van der Waals surface area (Å²) < 4.78 is 0. The molecule has 0 fully saturated rings. The Kier molecular flexibility index (Phi) is 8.13. The number of aryl methyl sites for hydroxylation is 1. The molecule has 0 aromatic heterocycles. The predicted molar refractivity (Wildman–Crippen MR) is 146 cm³/mol. The fourth-order valence-corrected chi connectivity index (χ4v) is 3.81. The molecular formula is C29H30N2O2S. The molecule has 0 aliphatic heterocycles. The highest BCUT2D eigenvalue weighted by Gasteiger charge is 2.21. The third kappa shape index (κ3) is 6.06. The number of aliphatic imine (C=N–C) groups is 1. The number of rotatable bonds is 6. The number of aliphatic hydroxyl groups excluding tert-OH is 1. The van der Waals surface area contributed by atoms with Crippen LogP contribution in [0.3, 0.4) is 0 Å². The summed E-state index contributed by atoms with van der Waals surface area (Å²) in [6.07, 6.45) is 2.18. The monoisotopic (exact) mass is 470 g/mol. The fraction of sp³-hybridized carbons (Fsp3) is 0.207. The number of carbonyl (C=O) groups excluding carboxylic acids is 1. The van der Waals surface area contributed by atoms with Crippen LogP contribution >= 0.6 is 12.2 Å². The van der Waals surface area contributed by atoms with Crippen LogP contribution < -0.4 is 5.32 Å². The molecule has 0 radical (unpaired) electrons. The normalized spacial score (nSPS) is 12.4. The maximum atomic E-state index is 13.2. The number of anilines is 1. The Labute approximate surface area is 207 Å². The quantitative estimate of drug-likeness (QED) is 0.132. The van der Waals surface area contributed by atoms with E-state index >= 15 is 0 Å². The van der Waals surface area contributed by atoms with Gasteiger partial charge in [0.2, 0.25) is 0 Å². The first-order chi connectivity index (χ1) is 16.2. The molecule has 0 unspecified atom stereocenters. The number of nitrogens with one attached hydrogen (secondary N) is 1. The van der Waals surface area contributed by atoms with Crippen LogP contribution in [0.15, 0.2) is 89.4 Å². The topological polar surface area (TPSA) is 61.7 Å². The van der Waals surface area contributed by atoms with E-state index in [1.54, 1.807) is 48.5 Å². The number of ketones is 1. The van der Waals surface area contributed by atoms with E-state index in [2.05, 4.69) is 50.1 Å². The number of hydrogen-bond donors (Lipinski definition) is 2. The molecule has 5 heteroatoms. The lowest BCUT2D eigenvalue weighted by atomic mass is 9.84. The summed E-state index contributed by atoms with van der Waals surface area (Å²) >= 11 is 5.53. The summed E-state index contributed by atoms with van der Waals surface area (Å²) in [5.74, 6) is -0.483. The van der Waals surface area contributed by atoms with Crippen LogP contribution in [-0.4, -0.2) is 22.2 Å². The highest BCUT2D eigenvalue weighted by Crippen LogP contribution is 2.32. The maximum absolute atomic E-state index is 13.2. The molecule has 0 amide bonds. The van der Waals surface area contributed by atoms with Gasteiger partial charge in [-0.05, 0) is 35.2 Å². The highest BCUT2D eigenvalue weighted by atomic mass is 32.1. The number of aliphatic hydroxyl groups is 1. The lowest BCUT2D eigenvalue weighted by Crippen LogP contribution is -2.18. The van der Waals surface area contributed by atoms with Gasteiger partial charge in [-0.15, -0.1) is 0 Å². The first kappa shape index (κ1) is 25.1. The van der Waals surface area contributed by atoms with Crippen LogP contribution in [0.4, 0.5) is 5.69 Å². The van der Waals surface area contributed by atoms with Crippen LogP contribution in [0.25, 0.3) is 5.76 Å². The number of carbonyl (C=O) groups is 1. The summed E-state index contributed by atoms with van der Waals surface area (Å²) in [6, 6.07) is 23.9. The molecule has 0 spiro atoms. The van der Waals surface area contributed by atoms with E-state index in [0.29, 0.717) is 11.1 Å². The van der Waals surface area contributed by atoms with Crippen molar-refractivity contribution >= 4 is 40.8 Å². The van der Waals surface area contributed by atoms with Gasteiger partial charge in [-0.25, -0.2) is 4.99 Å². The number of allylic oxidation sites excluding steroid dienone is 1. The molecule has 3 rings (SSSR count). The van der Waals surface area contributed by atoms with E-state index in [0.717, 1.165) is 23.2 Å². The van der Waals surface area contributed by atoms with Crippen LogP contribution in [0.1, 0.15) is 54.7 Å². The van der Waals surface area contributed by atoms with E-state index in [-0.39, 0.29) is 27.6 Å². The highest BCUT2D eigenvalue weighted by molar-refractivity contribution is 7.80. The average Bonchev–Trinajstić information content (AvgIpc) is 2.84. The van der Waals surface area contributed by atoms with Crippen molar-refractivity contribution in [1.29, 1.82) is 0 Å². The van der Waals surface area contributed by atoms with Crippen molar-refractivity contribution < 1.29 is 9.90 Å². The molecule has 0 aliphatic rings. The Bertz CT molecular complexity index is 1220. The molecule has 2 N–H and O–H groups in total. The molecule has 0 bridgehead atoms. The number of para-hydroxylation sites is 1.